The molecule has 0 spiro atoms. The molecule has 0 aliphatic carbocycles. The lowest BCUT2D eigenvalue weighted by Crippen LogP contribution is -2.27. The Kier molecular flexibility index (Phi) is 7.17. The number of carbonyl (C=O) groups excluding carboxylic acids is 1. The second-order valence-electron chi connectivity index (χ2n) is 9.46. The fourth-order valence-electron chi connectivity index (χ4n) is 4.77. The molecule has 0 fully saturated rings. The molecule has 208 valence electrons. The van der Waals surface area contributed by atoms with Crippen LogP contribution in [0.15, 0.2) is 108 Å². The van der Waals surface area contributed by atoms with Crippen molar-refractivity contribution >= 4 is 22.6 Å². The summed E-state index contributed by atoms with van der Waals surface area (Å²) in [5.41, 5.74) is 2.45. The third kappa shape index (κ3) is 5.20. The third-order valence-corrected chi connectivity index (χ3v) is 6.84. The quantitative estimate of drug-likeness (QED) is 0.270. The molecule has 0 unspecified atom stereocenters. The highest BCUT2D eigenvalue weighted by Crippen LogP contribution is 2.31. The summed E-state index contributed by atoms with van der Waals surface area (Å²) in [6.07, 6.45) is 6.41. The van der Waals surface area contributed by atoms with Gasteiger partial charge in [-0.15, -0.1) is 0 Å². The van der Waals surface area contributed by atoms with E-state index in [1.54, 1.807) is 72.4 Å². The minimum atomic E-state index is -0.565. The molecule has 0 aliphatic rings. The van der Waals surface area contributed by atoms with Crippen molar-refractivity contribution < 1.29 is 14.3 Å². The Bertz CT molecular complexity index is 1930. The van der Waals surface area contributed by atoms with Gasteiger partial charge in [0.2, 0.25) is 0 Å². The number of hydrogen-bond acceptors (Lipinski definition) is 7. The van der Waals surface area contributed by atoms with Crippen LogP contribution in [0, 0.1) is 0 Å². The zero-order chi connectivity index (χ0) is 29.1. The van der Waals surface area contributed by atoms with E-state index in [0.29, 0.717) is 35.1 Å². The van der Waals surface area contributed by atoms with Crippen LogP contribution in [0.3, 0.4) is 0 Å². The third-order valence-electron chi connectivity index (χ3n) is 6.84. The Morgan fingerprint density at radius 2 is 1.69 bits per heavy atom. The van der Waals surface area contributed by atoms with Crippen LogP contribution in [0.25, 0.3) is 22.2 Å². The summed E-state index contributed by atoms with van der Waals surface area (Å²) in [5.74, 6) is 1.48. The van der Waals surface area contributed by atoms with Crippen LogP contribution >= 0.6 is 0 Å². The lowest BCUT2D eigenvalue weighted by Gasteiger charge is -2.11. The number of pyridine rings is 3. The van der Waals surface area contributed by atoms with Crippen molar-refractivity contribution in [3.63, 3.8) is 0 Å². The first-order valence-corrected chi connectivity index (χ1v) is 13.1. The summed E-state index contributed by atoms with van der Waals surface area (Å²) in [4.78, 5) is 40.0. The summed E-state index contributed by atoms with van der Waals surface area (Å²) < 4.78 is 14.6. The zero-order valence-corrected chi connectivity index (χ0v) is 22.9. The van der Waals surface area contributed by atoms with Gasteiger partial charge in [0.25, 0.3) is 11.5 Å². The van der Waals surface area contributed by atoms with Gasteiger partial charge in [0.1, 0.15) is 28.6 Å². The van der Waals surface area contributed by atoms with E-state index >= 15 is 0 Å². The lowest BCUT2D eigenvalue weighted by molar-refractivity contribution is 0.102. The number of nitrogens with one attached hydrogen (secondary N) is 1. The Hall–Kier alpha value is -5.77. The van der Waals surface area contributed by atoms with E-state index in [1.165, 1.54) is 6.20 Å². The van der Waals surface area contributed by atoms with Crippen LogP contribution in [-0.2, 0) is 13.6 Å². The number of benzene rings is 2. The molecule has 0 saturated carbocycles. The number of amides is 1. The van der Waals surface area contributed by atoms with Gasteiger partial charge < -0.3 is 14.8 Å². The van der Waals surface area contributed by atoms with Gasteiger partial charge in [-0.3, -0.25) is 24.2 Å². The first-order valence-electron chi connectivity index (χ1n) is 13.1. The molecular formula is C32H26N6O4. The Morgan fingerprint density at radius 1 is 0.905 bits per heavy atom. The number of fused-ring (bicyclic) bond motifs is 1. The number of ether oxygens (including phenoxy) is 2. The predicted molar refractivity (Wildman–Crippen MR) is 159 cm³/mol. The highest BCUT2D eigenvalue weighted by Gasteiger charge is 2.25. The van der Waals surface area contributed by atoms with Gasteiger partial charge in [0, 0.05) is 42.7 Å². The number of anilines is 1. The lowest BCUT2D eigenvalue weighted by atomic mass is 10.1. The van der Waals surface area contributed by atoms with E-state index in [0.717, 1.165) is 16.5 Å². The van der Waals surface area contributed by atoms with Crippen LogP contribution in [0.2, 0.25) is 0 Å². The molecule has 10 nitrogen and oxygen atoms in total. The number of carbonyl (C=O) groups is 1. The van der Waals surface area contributed by atoms with Crippen LogP contribution in [0.4, 0.5) is 5.82 Å². The standard InChI is InChI=1S/C32H26N6O4/c1-37-30(22-12-15-33-16-13-22)29(32(40)38(37)20-21-6-4-3-5-7-21)31(39)36-28-11-9-24(19-35-28)42-27-14-17-34-26-18-23(41-2)8-10-25(26)27/h3-19H,20H2,1-2H3,(H,35,36,39). The van der Waals surface area contributed by atoms with Gasteiger partial charge >= 0.3 is 0 Å². The molecule has 1 amide bonds. The molecule has 0 radical (unpaired) electrons. The van der Waals surface area contributed by atoms with Crippen LogP contribution < -0.4 is 20.3 Å². The summed E-state index contributed by atoms with van der Waals surface area (Å²) in [5, 5.41) is 3.59. The summed E-state index contributed by atoms with van der Waals surface area (Å²) in [6.45, 7) is 0.308. The molecule has 0 saturated heterocycles. The van der Waals surface area contributed by atoms with Crippen LogP contribution in [-0.4, -0.2) is 37.3 Å². The smallest absolute Gasteiger partial charge is 0.280 e. The molecule has 4 heterocycles. The number of rotatable bonds is 8. The first kappa shape index (κ1) is 26.5. The monoisotopic (exact) mass is 558 g/mol. The highest BCUT2D eigenvalue weighted by molar-refractivity contribution is 6.07. The van der Waals surface area contributed by atoms with Crippen molar-refractivity contribution in [2.24, 2.45) is 7.05 Å². The molecule has 2 aromatic carbocycles. The van der Waals surface area contributed by atoms with Crippen molar-refractivity contribution in [2.75, 3.05) is 12.4 Å². The first-order chi connectivity index (χ1) is 20.5. The van der Waals surface area contributed by atoms with E-state index in [9.17, 15) is 9.59 Å². The van der Waals surface area contributed by atoms with E-state index < -0.39 is 11.5 Å². The minimum absolute atomic E-state index is 0.0143. The maximum absolute atomic E-state index is 13.6. The second kappa shape index (κ2) is 11.4. The second-order valence-corrected chi connectivity index (χ2v) is 9.46. The topological polar surface area (TPSA) is 113 Å². The van der Waals surface area contributed by atoms with E-state index in [4.69, 9.17) is 9.47 Å². The zero-order valence-electron chi connectivity index (χ0n) is 22.9. The number of nitrogens with zero attached hydrogens (tertiary/aromatic N) is 5. The molecule has 1 N–H and O–H groups in total. The van der Waals surface area contributed by atoms with Crippen molar-refractivity contribution in [2.45, 2.75) is 6.54 Å². The van der Waals surface area contributed by atoms with Crippen LogP contribution in [0.5, 0.6) is 17.2 Å². The van der Waals surface area contributed by atoms with Crippen molar-refractivity contribution in [3.8, 4) is 28.5 Å². The predicted octanol–water partition coefficient (Wildman–Crippen LogP) is 5.29. The fourth-order valence-corrected chi connectivity index (χ4v) is 4.77. The van der Waals surface area contributed by atoms with Gasteiger partial charge in [0.05, 0.1) is 31.1 Å². The Morgan fingerprint density at radius 3 is 2.43 bits per heavy atom. The Balaban J connectivity index is 1.27. The summed E-state index contributed by atoms with van der Waals surface area (Å²) in [6, 6.07) is 23.8. The molecule has 42 heavy (non-hydrogen) atoms. The summed E-state index contributed by atoms with van der Waals surface area (Å²) in [7, 11) is 3.37. The largest absolute Gasteiger partial charge is 0.497 e. The van der Waals surface area contributed by atoms with Gasteiger partial charge in [0.15, 0.2) is 0 Å². The van der Waals surface area contributed by atoms with Crippen molar-refractivity contribution in [1.29, 1.82) is 0 Å². The number of methoxy groups -OCH3 is 1. The van der Waals surface area contributed by atoms with E-state index in [-0.39, 0.29) is 11.4 Å². The van der Waals surface area contributed by atoms with Crippen LogP contribution in [0.1, 0.15) is 15.9 Å². The fraction of sp³-hybridized carbons (Fsp3) is 0.0938. The average molecular weight is 559 g/mol. The van der Waals surface area contributed by atoms with Gasteiger partial charge in [-0.25, -0.2) is 9.67 Å². The molecule has 0 aliphatic heterocycles. The molecular weight excluding hydrogens is 532 g/mol. The number of hydrogen-bond donors (Lipinski definition) is 1. The molecule has 6 aromatic rings. The van der Waals surface area contributed by atoms with E-state index in [1.807, 2.05) is 48.5 Å². The summed E-state index contributed by atoms with van der Waals surface area (Å²) >= 11 is 0. The molecule has 6 rings (SSSR count). The van der Waals surface area contributed by atoms with Gasteiger partial charge in [-0.2, -0.15) is 0 Å². The maximum atomic E-state index is 13.6. The molecule has 0 atom stereocenters. The Labute approximate surface area is 240 Å². The molecule has 10 heteroatoms. The normalized spacial score (nSPS) is 10.9. The molecule has 4 aromatic heterocycles. The molecule has 0 bridgehead atoms. The van der Waals surface area contributed by atoms with Gasteiger partial charge in [-0.1, -0.05) is 30.3 Å². The highest BCUT2D eigenvalue weighted by atomic mass is 16.5. The van der Waals surface area contributed by atoms with Gasteiger partial charge in [-0.05, 0) is 48.0 Å². The minimum Gasteiger partial charge on any atom is -0.497 e. The maximum Gasteiger partial charge on any atom is 0.280 e. The SMILES string of the molecule is COc1ccc2c(Oc3ccc(NC(=O)c4c(-c5ccncc5)n(C)n(Cc5ccccc5)c4=O)nc3)ccnc2c1. The number of aromatic nitrogens is 5. The van der Waals surface area contributed by atoms with Crippen molar-refractivity contribution in [3.05, 3.63) is 125 Å². The van der Waals surface area contributed by atoms with E-state index in [2.05, 4.69) is 20.3 Å². The van der Waals surface area contributed by atoms with Crippen molar-refractivity contribution in [1.82, 2.24) is 24.3 Å². The average Bonchev–Trinajstić information content (AvgIpc) is 3.27.